The smallest absolute Gasteiger partial charge is 0.122 e. The standard InChI is InChI=1S/C22H25N3S2/c1-2-3-4-5-6-7-14-25-23-21-17(19-10-8-15-26-19)12-13-18(22(21)24-25)20-11-9-16-27-20/h8-13,15-16H,2-7,14H2,1H3. The van der Waals surface area contributed by atoms with Crippen LogP contribution in [-0.2, 0) is 6.54 Å². The van der Waals surface area contributed by atoms with Gasteiger partial charge in [0.1, 0.15) is 11.0 Å². The third-order valence-electron chi connectivity index (χ3n) is 4.87. The van der Waals surface area contributed by atoms with Gasteiger partial charge < -0.3 is 0 Å². The van der Waals surface area contributed by atoms with Crippen LogP contribution in [0.1, 0.15) is 45.4 Å². The van der Waals surface area contributed by atoms with Gasteiger partial charge in [-0.05, 0) is 29.3 Å². The fraction of sp³-hybridized carbons (Fsp3) is 0.364. The molecule has 0 amide bonds. The highest BCUT2D eigenvalue weighted by Crippen LogP contribution is 2.36. The lowest BCUT2D eigenvalue weighted by Crippen LogP contribution is -2.02. The maximum Gasteiger partial charge on any atom is 0.122 e. The Labute approximate surface area is 168 Å². The number of fused-ring (bicyclic) bond motifs is 1. The van der Waals surface area contributed by atoms with Gasteiger partial charge in [0.05, 0.1) is 6.54 Å². The summed E-state index contributed by atoms with van der Waals surface area (Å²) in [6.45, 7) is 3.16. The van der Waals surface area contributed by atoms with E-state index < -0.39 is 0 Å². The third kappa shape index (κ3) is 4.14. The number of thiophene rings is 2. The molecule has 5 heteroatoms. The highest BCUT2D eigenvalue weighted by atomic mass is 32.1. The quantitative estimate of drug-likeness (QED) is 0.279. The third-order valence-corrected chi connectivity index (χ3v) is 6.67. The topological polar surface area (TPSA) is 30.7 Å². The summed E-state index contributed by atoms with van der Waals surface area (Å²) in [5.41, 5.74) is 4.42. The van der Waals surface area contributed by atoms with Gasteiger partial charge in [0, 0.05) is 20.9 Å². The van der Waals surface area contributed by atoms with E-state index in [1.807, 2.05) is 4.80 Å². The Bertz CT molecular complexity index is 898. The van der Waals surface area contributed by atoms with Crippen molar-refractivity contribution in [3.63, 3.8) is 0 Å². The molecule has 4 rings (SSSR count). The summed E-state index contributed by atoms with van der Waals surface area (Å²) >= 11 is 3.52. The summed E-state index contributed by atoms with van der Waals surface area (Å²) in [5.74, 6) is 0. The van der Waals surface area contributed by atoms with Gasteiger partial charge in [0.25, 0.3) is 0 Å². The van der Waals surface area contributed by atoms with Crippen LogP contribution in [0, 0.1) is 0 Å². The van der Waals surface area contributed by atoms with E-state index in [2.05, 4.69) is 54.1 Å². The highest BCUT2D eigenvalue weighted by Gasteiger charge is 2.16. The van der Waals surface area contributed by atoms with Crippen molar-refractivity contribution in [1.82, 2.24) is 15.0 Å². The van der Waals surface area contributed by atoms with Crippen molar-refractivity contribution in [3.8, 4) is 20.9 Å². The van der Waals surface area contributed by atoms with Crippen molar-refractivity contribution < 1.29 is 0 Å². The summed E-state index contributed by atoms with van der Waals surface area (Å²) in [6.07, 6.45) is 7.70. The van der Waals surface area contributed by atoms with E-state index in [0.29, 0.717) is 0 Å². The van der Waals surface area contributed by atoms with Crippen molar-refractivity contribution in [2.45, 2.75) is 52.0 Å². The van der Waals surface area contributed by atoms with Crippen molar-refractivity contribution in [2.24, 2.45) is 0 Å². The summed E-state index contributed by atoms with van der Waals surface area (Å²) in [7, 11) is 0. The molecule has 0 atom stereocenters. The molecule has 1 aromatic carbocycles. The van der Waals surface area contributed by atoms with Crippen molar-refractivity contribution >= 4 is 33.7 Å². The van der Waals surface area contributed by atoms with Crippen LogP contribution in [0.25, 0.3) is 31.9 Å². The van der Waals surface area contributed by atoms with E-state index in [-0.39, 0.29) is 0 Å². The van der Waals surface area contributed by atoms with Crippen molar-refractivity contribution in [1.29, 1.82) is 0 Å². The Kier molecular flexibility index (Phi) is 6.00. The zero-order valence-electron chi connectivity index (χ0n) is 15.7. The van der Waals surface area contributed by atoms with Crippen molar-refractivity contribution in [3.05, 3.63) is 47.2 Å². The number of aryl methyl sites for hydroxylation is 1. The molecule has 0 aliphatic rings. The van der Waals surface area contributed by atoms with E-state index in [1.54, 1.807) is 22.7 Å². The molecule has 0 aliphatic carbocycles. The summed E-state index contributed by atoms with van der Waals surface area (Å²) in [5, 5.41) is 14.0. The van der Waals surface area contributed by atoms with Gasteiger partial charge in [-0.25, -0.2) is 0 Å². The first-order valence-corrected chi connectivity index (χ1v) is 11.6. The van der Waals surface area contributed by atoms with Gasteiger partial charge in [-0.3, -0.25) is 0 Å². The minimum Gasteiger partial charge on any atom is -0.184 e. The molecule has 3 nitrogen and oxygen atoms in total. The van der Waals surface area contributed by atoms with Crippen LogP contribution in [0.2, 0.25) is 0 Å². The zero-order valence-corrected chi connectivity index (χ0v) is 17.4. The first-order chi connectivity index (χ1) is 13.4. The first-order valence-electron chi connectivity index (χ1n) is 9.82. The maximum absolute atomic E-state index is 4.89. The molecular weight excluding hydrogens is 370 g/mol. The van der Waals surface area contributed by atoms with E-state index in [9.17, 15) is 0 Å². The molecule has 4 aromatic rings. The second-order valence-electron chi connectivity index (χ2n) is 6.88. The van der Waals surface area contributed by atoms with Crippen LogP contribution in [0.15, 0.2) is 47.2 Å². The maximum atomic E-state index is 4.89. The van der Waals surface area contributed by atoms with Gasteiger partial charge in [-0.1, -0.05) is 63.3 Å². The van der Waals surface area contributed by atoms with Crippen LogP contribution in [0.4, 0.5) is 0 Å². The van der Waals surface area contributed by atoms with Crippen LogP contribution in [0.5, 0.6) is 0 Å². The molecule has 0 N–H and O–H groups in total. The average molecular weight is 396 g/mol. The number of hydrogen-bond donors (Lipinski definition) is 0. The van der Waals surface area contributed by atoms with E-state index in [4.69, 9.17) is 10.2 Å². The Morgan fingerprint density at radius 1 is 0.741 bits per heavy atom. The van der Waals surface area contributed by atoms with Gasteiger partial charge >= 0.3 is 0 Å². The second-order valence-corrected chi connectivity index (χ2v) is 8.77. The molecule has 0 fully saturated rings. The fourth-order valence-electron chi connectivity index (χ4n) is 3.43. The van der Waals surface area contributed by atoms with Gasteiger partial charge in [-0.15, -0.1) is 22.7 Å². The molecule has 0 radical (unpaired) electrons. The van der Waals surface area contributed by atoms with Crippen LogP contribution < -0.4 is 0 Å². The Morgan fingerprint density at radius 2 is 1.30 bits per heavy atom. The number of nitrogens with zero attached hydrogens (tertiary/aromatic N) is 3. The molecule has 140 valence electrons. The normalized spacial score (nSPS) is 11.4. The summed E-state index contributed by atoms with van der Waals surface area (Å²) in [6, 6.07) is 12.9. The minimum atomic E-state index is 0.897. The number of unbranched alkanes of at least 4 members (excludes halogenated alkanes) is 5. The molecule has 0 unspecified atom stereocenters. The van der Waals surface area contributed by atoms with Crippen LogP contribution in [-0.4, -0.2) is 15.0 Å². The summed E-state index contributed by atoms with van der Waals surface area (Å²) in [4.78, 5) is 4.42. The first kappa shape index (κ1) is 18.4. The molecule has 27 heavy (non-hydrogen) atoms. The van der Waals surface area contributed by atoms with Crippen molar-refractivity contribution in [2.75, 3.05) is 0 Å². The van der Waals surface area contributed by atoms with Crippen LogP contribution in [0.3, 0.4) is 0 Å². The molecule has 0 spiro atoms. The molecular formula is C22H25N3S2. The van der Waals surface area contributed by atoms with E-state index in [0.717, 1.165) is 24.0 Å². The van der Waals surface area contributed by atoms with E-state index in [1.165, 1.54) is 53.0 Å². The number of rotatable bonds is 9. The average Bonchev–Trinajstić information content (AvgIpc) is 3.45. The molecule has 3 aromatic heterocycles. The zero-order chi connectivity index (χ0) is 18.5. The predicted octanol–water partition coefficient (Wildman–Crippen LogP) is 7.25. The van der Waals surface area contributed by atoms with Gasteiger partial charge in [0.15, 0.2) is 0 Å². The molecule has 3 heterocycles. The lowest BCUT2D eigenvalue weighted by molar-refractivity contribution is 0.488. The molecule has 0 bridgehead atoms. The lowest BCUT2D eigenvalue weighted by atomic mass is 10.1. The predicted molar refractivity (Wildman–Crippen MR) is 118 cm³/mol. The largest absolute Gasteiger partial charge is 0.184 e. The molecule has 0 aliphatic heterocycles. The minimum absolute atomic E-state index is 0.897. The molecule has 0 saturated carbocycles. The monoisotopic (exact) mass is 395 g/mol. The highest BCUT2D eigenvalue weighted by molar-refractivity contribution is 7.14. The SMILES string of the molecule is CCCCCCCCn1nc2c(-c3cccs3)ccc(-c3cccs3)c2n1. The Balaban J connectivity index is 1.62. The number of aromatic nitrogens is 3. The van der Waals surface area contributed by atoms with Crippen LogP contribution >= 0.6 is 22.7 Å². The van der Waals surface area contributed by atoms with Gasteiger partial charge in [-0.2, -0.15) is 15.0 Å². The fourth-order valence-corrected chi connectivity index (χ4v) is 4.94. The number of hydrogen-bond acceptors (Lipinski definition) is 4. The van der Waals surface area contributed by atoms with Gasteiger partial charge in [0.2, 0.25) is 0 Å². The molecule has 0 saturated heterocycles. The summed E-state index contributed by atoms with van der Waals surface area (Å²) < 4.78 is 0. The van der Waals surface area contributed by atoms with E-state index >= 15 is 0 Å². The number of benzene rings is 1. The Hall–Kier alpha value is -1.98. The lowest BCUT2D eigenvalue weighted by Gasteiger charge is -2.02. The second kappa shape index (κ2) is 8.81. The Morgan fingerprint density at radius 3 is 1.81 bits per heavy atom.